The number of thiazole rings is 1. The van der Waals surface area contributed by atoms with E-state index in [-0.39, 0.29) is 25.6 Å². The molecule has 0 fully saturated rings. The van der Waals surface area contributed by atoms with E-state index in [9.17, 15) is 19.5 Å². The highest BCUT2D eigenvalue weighted by Crippen LogP contribution is 2.44. The first kappa shape index (κ1) is 23.4. The molecule has 0 saturated heterocycles. The van der Waals surface area contributed by atoms with Crippen LogP contribution in [0.4, 0.5) is 4.79 Å². The number of benzene rings is 2. The molecule has 1 heterocycles. The van der Waals surface area contributed by atoms with Crippen LogP contribution in [-0.2, 0) is 16.1 Å². The van der Waals surface area contributed by atoms with Gasteiger partial charge in [0.2, 0.25) is 0 Å². The zero-order valence-corrected chi connectivity index (χ0v) is 19.7. The number of ether oxygens (including phenoxy) is 1. The fourth-order valence-corrected chi connectivity index (χ4v) is 4.97. The predicted octanol–water partition coefficient (Wildman–Crippen LogP) is 4.12. The second-order valence-electron chi connectivity index (χ2n) is 7.90. The third-order valence-electron chi connectivity index (χ3n) is 5.92. The monoisotopic (exact) mass is 479 g/mol. The minimum atomic E-state index is -1.07. The lowest BCUT2D eigenvalue weighted by molar-refractivity contribution is -0.141. The molecule has 2 aromatic carbocycles. The number of carboxylic acid groups (broad SMARTS) is 1. The summed E-state index contributed by atoms with van der Waals surface area (Å²) in [5.74, 6) is -1.50. The van der Waals surface area contributed by atoms with Crippen LogP contribution >= 0.6 is 11.3 Å². The van der Waals surface area contributed by atoms with E-state index in [4.69, 9.17) is 4.74 Å². The summed E-state index contributed by atoms with van der Waals surface area (Å²) in [5.41, 5.74) is 4.59. The van der Waals surface area contributed by atoms with Crippen LogP contribution in [0.3, 0.4) is 0 Å². The highest BCUT2D eigenvalue weighted by molar-refractivity contribution is 7.13. The van der Waals surface area contributed by atoms with Gasteiger partial charge in [0.1, 0.15) is 22.5 Å². The van der Waals surface area contributed by atoms with Crippen molar-refractivity contribution in [1.29, 1.82) is 0 Å². The molecule has 34 heavy (non-hydrogen) atoms. The van der Waals surface area contributed by atoms with Gasteiger partial charge in [-0.05, 0) is 36.1 Å². The molecular formula is C25H25N3O5S. The van der Waals surface area contributed by atoms with Crippen LogP contribution in [-0.4, -0.2) is 52.2 Å². The Balaban J connectivity index is 1.34. The Bertz CT molecular complexity index is 1180. The SMILES string of the molecule is CCN(C(=O)c1cnc(CNC(=O)OCC2c3ccccc3-c3ccccc32)s1)C(C)C(=O)O. The van der Waals surface area contributed by atoms with Crippen LogP contribution in [0.2, 0.25) is 0 Å². The Labute approximate surface area is 201 Å². The maximum absolute atomic E-state index is 12.6. The second-order valence-corrected chi connectivity index (χ2v) is 9.02. The third-order valence-corrected chi connectivity index (χ3v) is 6.90. The number of amides is 2. The van der Waals surface area contributed by atoms with Gasteiger partial charge >= 0.3 is 12.1 Å². The number of carbonyl (C=O) groups excluding carboxylic acids is 2. The minimum absolute atomic E-state index is 0.0292. The van der Waals surface area contributed by atoms with Gasteiger partial charge in [0.05, 0.1) is 12.7 Å². The molecular weight excluding hydrogens is 454 g/mol. The molecule has 1 unspecified atom stereocenters. The number of carbonyl (C=O) groups is 3. The van der Waals surface area contributed by atoms with E-state index < -0.39 is 24.0 Å². The van der Waals surface area contributed by atoms with Gasteiger partial charge in [-0.3, -0.25) is 4.79 Å². The van der Waals surface area contributed by atoms with Gasteiger partial charge in [-0.25, -0.2) is 14.6 Å². The minimum Gasteiger partial charge on any atom is -0.480 e. The van der Waals surface area contributed by atoms with Crippen LogP contribution in [0.1, 0.15) is 45.6 Å². The van der Waals surface area contributed by atoms with Crippen molar-refractivity contribution >= 4 is 29.3 Å². The second kappa shape index (κ2) is 10.0. The number of aliphatic carboxylic acids is 1. The maximum atomic E-state index is 12.6. The molecule has 4 rings (SSSR count). The Morgan fingerprint density at radius 1 is 1.12 bits per heavy atom. The fraction of sp³-hybridized carbons (Fsp3) is 0.280. The Hall–Kier alpha value is -3.72. The van der Waals surface area contributed by atoms with E-state index in [1.165, 1.54) is 18.0 Å². The first-order valence-electron chi connectivity index (χ1n) is 11.0. The van der Waals surface area contributed by atoms with Crippen LogP contribution in [0.15, 0.2) is 54.7 Å². The average molecular weight is 480 g/mol. The van der Waals surface area contributed by atoms with Crippen molar-refractivity contribution in [3.8, 4) is 11.1 Å². The molecule has 0 spiro atoms. The van der Waals surface area contributed by atoms with Crippen molar-refractivity contribution < 1.29 is 24.2 Å². The van der Waals surface area contributed by atoms with E-state index in [2.05, 4.69) is 34.6 Å². The first-order valence-corrected chi connectivity index (χ1v) is 11.8. The van der Waals surface area contributed by atoms with Gasteiger partial charge in [-0.15, -0.1) is 11.3 Å². The number of fused-ring (bicyclic) bond motifs is 3. The Kier molecular flexibility index (Phi) is 6.93. The normalized spacial score (nSPS) is 13.0. The summed E-state index contributed by atoms with van der Waals surface area (Å²) in [6.07, 6.45) is 0.832. The smallest absolute Gasteiger partial charge is 0.407 e. The Morgan fingerprint density at radius 2 is 1.74 bits per heavy atom. The number of hydrogen-bond acceptors (Lipinski definition) is 6. The molecule has 8 nitrogen and oxygen atoms in total. The maximum Gasteiger partial charge on any atom is 0.407 e. The predicted molar refractivity (Wildman–Crippen MR) is 128 cm³/mol. The molecule has 9 heteroatoms. The van der Waals surface area contributed by atoms with Crippen molar-refractivity contribution in [2.45, 2.75) is 32.4 Å². The van der Waals surface area contributed by atoms with Gasteiger partial charge in [0.25, 0.3) is 5.91 Å². The van der Waals surface area contributed by atoms with E-state index in [0.29, 0.717) is 9.88 Å². The molecule has 1 aliphatic carbocycles. The van der Waals surface area contributed by atoms with Crippen LogP contribution in [0, 0.1) is 0 Å². The van der Waals surface area contributed by atoms with Gasteiger partial charge in [0.15, 0.2) is 0 Å². The van der Waals surface area contributed by atoms with E-state index in [1.54, 1.807) is 6.92 Å². The van der Waals surface area contributed by atoms with E-state index in [0.717, 1.165) is 33.6 Å². The summed E-state index contributed by atoms with van der Waals surface area (Å²) in [4.78, 5) is 42.0. The summed E-state index contributed by atoms with van der Waals surface area (Å²) in [5, 5.41) is 12.4. The highest BCUT2D eigenvalue weighted by atomic mass is 32.1. The standard InChI is InChI=1S/C25H25N3O5S/c1-3-28(15(2)24(30)31)23(29)21-12-26-22(34-21)13-27-25(32)33-14-20-18-10-6-4-8-16(18)17-9-5-7-11-19(17)20/h4-12,15,20H,3,13-14H2,1-2H3,(H,27,32)(H,30,31). The van der Waals surface area contributed by atoms with Crippen LogP contribution in [0.25, 0.3) is 11.1 Å². The number of nitrogens with one attached hydrogen (secondary N) is 1. The van der Waals surface area contributed by atoms with Gasteiger partial charge in [0, 0.05) is 12.5 Å². The summed E-state index contributed by atoms with van der Waals surface area (Å²) in [6.45, 7) is 3.76. The van der Waals surface area contributed by atoms with E-state index in [1.807, 2.05) is 24.3 Å². The zero-order valence-electron chi connectivity index (χ0n) is 18.9. The zero-order chi connectivity index (χ0) is 24.2. The van der Waals surface area contributed by atoms with E-state index >= 15 is 0 Å². The lowest BCUT2D eigenvalue weighted by Gasteiger charge is -2.24. The quantitative estimate of drug-likeness (QED) is 0.503. The fourth-order valence-electron chi connectivity index (χ4n) is 4.16. The number of aromatic nitrogens is 1. The van der Waals surface area contributed by atoms with Gasteiger partial charge in [-0.2, -0.15) is 0 Å². The molecule has 1 aromatic heterocycles. The van der Waals surface area contributed by atoms with Crippen molar-refractivity contribution in [2.24, 2.45) is 0 Å². The van der Waals surface area contributed by atoms with Gasteiger partial charge < -0.3 is 20.1 Å². The molecule has 2 amide bonds. The average Bonchev–Trinajstić information content (AvgIpc) is 3.45. The lowest BCUT2D eigenvalue weighted by atomic mass is 9.98. The molecule has 0 saturated carbocycles. The van der Waals surface area contributed by atoms with Crippen molar-refractivity contribution in [1.82, 2.24) is 15.2 Å². The molecule has 176 valence electrons. The summed E-state index contributed by atoms with van der Waals surface area (Å²) in [7, 11) is 0. The Morgan fingerprint density at radius 3 is 2.32 bits per heavy atom. The summed E-state index contributed by atoms with van der Waals surface area (Å²) in [6, 6.07) is 15.3. The third kappa shape index (κ3) is 4.65. The number of alkyl carbamates (subject to hydrolysis) is 1. The van der Waals surface area contributed by atoms with Crippen molar-refractivity contribution in [2.75, 3.05) is 13.2 Å². The van der Waals surface area contributed by atoms with Crippen molar-refractivity contribution in [3.05, 3.63) is 75.7 Å². The number of rotatable bonds is 8. The molecule has 3 aromatic rings. The number of hydrogen-bond donors (Lipinski definition) is 2. The lowest BCUT2D eigenvalue weighted by Crippen LogP contribution is -2.42. The molecule has 0 radical (unpaired) electrons. The number of nitrogens with zero attached hydrogens (tertiary/aromatic N) is 2. The molecule has 0 bridgehead atoms. The largest absolute Gasteiger partial charge is 0.480 e. The number of carboxylic acids is 1. The number of likely N-dealkylation sites (N-methyl/N-ethyl adjacent to an activating group) is 1. The van der Waals surface area contributed by atoms with Gasteiger partial charge in [-0.1, -0.05) is 48.5 Å². The molecule has 0 aliphatic heterocycles. The van der Waals surface area contributed by atoms with Crippen molar-refractivity contribution in [3.63, 3.8) is 0 Å². The highest BCUT2D eigenvalue weighted by Gasteiger charge is 2.29. The topological polar surface area (TPSA) is 109 Å². The first-order chi connectivity index (χ1) is 16.4. The molecule has 1 atom stereocenters. The van der Waals surface area contributed by atoms with Crippen LogP contribution in [0.5, 0.6) is 0 Å². The molecule has 1 aliphatic rings. The van der Waals surface area contributed by atoms with Crippen LogP contribution < -0.4 is 5.32 Å². The summed E-state index contributed by atoms with van der Waals surface area (Å²) >= 11 is 1.12. The molecule has 2 N–H and O–H groups in total. The summed E-state index contributed by atoms with van der Waals surface area (Å²) < 4.78 is 5.52.